The Morgan fingerprint density at radius 2 is 1.91 bits per heavy atom. The number of ether oxygens (including phenoxy) is 1. The highest BCUT2D eigenvalue weighted by Gasteiger charge is 2.28. The zero-order chi connectivity index (χ0) is 16.2. The number of primary amides is 1. The number of amides is 1. The predicted molar refractivity (Wildman–Crippen MR) is 85.3 cm³/mol. The van der Waals surface area contributed by atoms with Gasteiger partial charge in [-0.1, -0.05) is 30.3 Å². The van der Waals surface area contributed by atoms with E-state index in [0.717, 1.165) is 18.4 Å². The Labute approximate surface area is 134 Å². The average Bonchev–Trinajstić information content (AvgIpc) is 3.05. The molecular weight excluding hydrogens is 295 g/mol. The van der Waals surface area contributed by atoms with Crippen molar-refractivity contribution in [3.05, 3.63) is 65.5 Å². The maximum absolute atomic E-state index is 13.5. The van der Waals surface area contributed by atoms with Gasteiger partial charge in [0, 0.05) is 11.6 Å². The van der Waals surface area contributed by atoms with Gasteiger partial charge in [-0.15, -0.1) is 0 Å². The highest BCUT2D eigenvalue weighted by Crippen LogP contribution is 2.28. The molecule has 3 N–H and O–H groups in total. The Bertz CT molecular complexity index is 688. The lowest BCUT2D eigenvalue weighted by atomic mass is 10.1. The molecule has 1 aliphatic heterocycles. The van der Waals surface area contributed by atoms with Gasteiger partial charge in [-0.3, -0.25) is 10.1 Å². The first-order chi connectivity index (χ1) is 11.1. The van der Waals surface area contributed by atoms with E-state index in [2.05, 4.69) is 5.32 Å². The van der Waals surface area contributed by atoms with E-state index < -0.39 is 0 Å². The zero-order valence-corrected chi connectivity index (χ0v) is 12.7. The second-order valence-corrected chi connectivity index (χ2v) is 5.70. The van der Waals surface area contributed by atoms with Crippen molar-refractivity contribution in [1.29, 1.82) is 0 Å². The van der Waals surface area contributed by atoms with Crippen LogP contribution in [0, 0.1) is 5.82 Å². The SMILES string of the molecule is NC(=O)C1CC[C@H](c2ccc(OCc3ccccc3F)cc2)N1. The van der Waals surface area contributed by atoms with Gasteiger partial charge >= 0.3 is 0 Å². The number of carbonyl (C=O) groups excluding carboxylic acids is 1. The molecule has 3 rings (SSSR count). The number of rotatable bonds is 5. The quantitative estimate of drug-likeness (QED) is 0.892. The van der Waals surface area contributed by atoms with Crippen LogP contribution in [0.25, 0.3) is 0 Å². The number of hydrogen-bond donors (Lipinski definition) is 2. The van der Waals surface area contributed by atoms with Gasteiger partial charge in [0.15, 0.2) is 0 Å². The van der Waals surface area contributed by atoms with E-state index in [9.17, 15) is 9.18 Å². The van der Waals surface area contributed by atoms with Gasteiger partial charge in [-0.05, 0) is 36.6 Å². The van der Waals surface area contributed by atoms with Crippen molar-refractivity contribution in [2.24, 2.45) is 5.73 Å². The second-order valence-electron chi connectivity index (χ2n) is 5.70. The van der Waals surface area contributed by atoms with Gasteiger partial charge in [-0.25, -0.2) is 4.39 Å². The predicted octanol–water partition coefficient (Wildman–Crippen LogP) is 2.68. The number of halogens is 1. The van der Waals surface area contributed by atoms with Crippen LogP contribution in [0.2, 0.25) is 0 Å². The molecule has 1 saturated heterocycles. The van der Waals surface area contributed by atoms with Crippen LogP contribution in [0.3, 0.4) is 0 Å². The molecule has 0 saturated carbocycles. The normalized spacial score (nSPS) is 20.4. The lowest BCUT2D eigenvalue weighted by molar-refractivity contribution is -0.119. The molecule has 1 unspecified atom stereocenters. The molecule has 4 nitrogen and oxygen atoms in total. The first kappa shape index (κ1) is 15.5. The fourth-order valence-corrected chi connectivity index (χ4v) is 2.80. The van der Waals surface area contributed by atoms with Crippen LogP contribution in [-0.2, 0) is 11.4 Å². The van der Waals surface area contributed by atoms with Crippen molar-refractivity contribution in [1.82, 2.24) is 5.32 Å². The van der Waals surface area contributed by atoms with Gasteiger partial charge in [0.25, 0.3) is 0 Å². The van der Waals surface area contributed by atoms with Crippen LogP contribution in [-0.4, -0.2) is 11.9 Å². The first-order valence-corrected chi connectivity index (χ1v) is 7.65. The molecule has 1 fully saturated rings. The summed E-state index contributed by atoms with van der Waals surface area (Å²) in [6, 6.07) is 14.1. The topological polar surface area (TPSA) is 64.4 Å². The molecule has 1 aliphatic rings. The maximum Gasteiger partial charge on any atom is 0.234 e. The largest absolute Gasteiger partial charge is 0.489 e. The fraction of sp³-hybridized carbons (Fsp3) is 0.278. The van der Waals surface area contributed by atoms with Crippen molar-refractivity contribution in [2.75, 3.05) is 0 Å². The standard InChI is InChI=1S/C18H19FN2O2/c19-15-4-2-1-3-13(15)11-23-14-7-5-12(6-8-14)16-9-10-17(21-16)18(20)22/h1-8,16-17,21H,9-11H2,(H2,20,22)/t16-,17?/m1/s1. The number of nitrogens with one attached hydrogen (secondary N) is 1. The Hall–Kier alpha value is -2.40. The van der Waals surface area contributed by atoms with Gasteiger partial charge in [0.2, 0.25) is 5.91 Å². The maximum atomic E-state index is 13.5. The number of carbonyl (C=O) groups is 1. The molecule has 2 aromatic rings. The summed E-state index contributed by atoms with van der Waals surface area (Å²) in [6.45, 7) is 0.192. The summed E-state index contributed by atoms with van der Waals surface area (Å²) in [4.78, 5) is 11.2. The van der Waals surface area contributed by atoms with Crippen molar-refractivity contribution < 1.29 is 13.9 Å². The van der Waals surface area contributed by atoms with Gasteiger partial charge in [0.1, 0.15) is 18.2 Å². The number of hydrogen-bond acceptors (Lipinski definition) is 3. The van der Waals surface area contributed by atoms with E-state index >= 15 is 0 Å². The van der Waals surface area contributed by atoms with Crippen LogP contribution in [0.5, 0.6) is 5.75 Å². The third-order valence-corrected chi connectivity index (χ3v) is 4.12. The summed E-state index contributed by atoms with van der Waals surface area (Å²) in [5.74, 6) is 0.107. The summed E-state index contributed by atoms with van der Waals surface area (Å²) in [5, 5.41) is 3.23. The summed E-state index contributed by atoms with van der Waals surface area (Å²) >= 11 is 0. The number of nitrogens with two attached hydrogens (primary N) is 1. The highest BCUT2D eigenvalue weighted by atomic mass is 19.1. The van der Waals surface area contributed by atoms with E-state index in [0.29, 0.717) is 11.3 Å². The lowest BCUT2D eigenvalue weighted by Crippen LogP contribution is -2.37. The van der Waals surface area contributed by atoms with Crippen LogP contribution >= 0.6 is 0 Å². The van der Waals surface area contributed by atoms with E-state index in [1.165, 1.54) is 6.07 Å². The Balaban J connectivity index is 1.59. The minimum atomic E-state index is -0.308. The first-order valence-electron chi connectivity index (χ1n) is 7.65. The Kier molecular flexibility index (Phi) is 4.57. The Morgan fingerprint density at radius 3 is 2.57 bits per heavy atom. The average molecular weight is 314 g/mol. The molecule has 0 spiro atoms. The number of benzene rings is 2. The summed E-state index contributed by atoms with van der Waals surface area (Å²) in [7, 11) is 0. The van der Waals surface area contributed by atoms with Crippen LogP contribution in [0.4, 0.5) is 4.39 Å². The monoisotopic (exact) mass is 314 g/mol. The summed E-state index contributed by atoms with van der Waals surface area (Å²) in [5.41, 5.74) is 6.93. The molecule has 0 aromatic heterocycles. The Morgan fingerprint density at radius 1 is 1.17 bits per heavy atom. The molecule has 0 aliphatic carbocycles. The van der Waals surface area contributed by atoms with E-state index in [-0.39, 0.29) is 30.4 Å². The van der Waals surface area contributed by atoms with Crippen molar-refractivity contribution in [2.45, 2.75) is 31.5 Å². The molecule has 1 amide bonds. The molecule has 5 heteroatoms. The molecule has 1 heterocycles. The molecule has 0 bridgehead atoms. The van der Waals surface area contributed by atoms with Crippen LogP contribution < -0.4 is 15.8 Å². The summed E-state index contributed by atoms with van der Waals surface area (Å²) in [6.07, 6.45) is 1.63. The van der Waals surface area contributed by atoms with E-state index in [1.807, 2.05) is 24.3 Å². The van der Waals surface area contributed by atoms with Gasteiger partial charge in [0.05, 0.1) is 6.04 Å². The smallest absolute Gasteiger partial charge is 0.234 e. The third-order valence-electron chi connectivity index (χ3n) is 4.12. The molecule has 120 valence electrons. The fourth-order valence-electron chi connectivity index (χ4n) is 2.80. The van der Waals surface area contributed by atoms with Gasteiger partial charge < -0.3 is 10.5 Å². The lowest BCUT2D eigenvalue weighted by Gasteiger charge is -2.13. The van der Waals surface area contributed by atoms with Crippen molar-refractivity contribution in [3.63, 3.8) is 0 Å². The molecule has 23 heavy (non-hydrogen) atoms. The minimum absolute atomic E-state index is 0.133. The zero-order valence-electron chi connectivity index (χ0n) is 12.7. The van der Waals surface area contributed by atoms with Crippen molar-refractivity contribution >= 4 is 5.91 Å². The van der Waals surface area contributed by atoms with Crippen molar-refractivity contribution in [3.8, 4) is 5.75 Å². The highest BCUT2D eigenvalue weighted by molar-refractivity contribution is 5.80. The molecule has 2 atom stereocenters. The molecule has 2 aromatic carbocycles. The van der Waals surface area contributed by atoms with Crippen LogP contribution in [0.1, 0.15) is 30.0 Å². The molecular formula is C18H19FN2O2. The second kappa shape index (κ2) is 6.79. The van der Waals surface area contributed by atoms with Gasteiger partial charge in [-0.2, -0.15) is 0 Å². The minimum Gasteiger partial charge on any atom is -0.489 e. The summed E-state index contributed by atoms with van der Waals surface area (Å²) < 4.78 is 19.2. The molecule has 0 radical (unpaired) electrons. The van der Waals surface area contributed by atoms with E-state index in [1.54, 1.807) is 18.2 Å². The van der Waals surface area contributed by atoms with E-state index in [4.69, 9.17) is 10.5 Å². The van der Waals surface area contributed by atoms with Crippen LogP contribution in [0.15, 0.2) is 48.5 Å². The third kappa shape index (κ3) is 3.68.